The third-order valence-corrected chi connectivity index (χ3v) is 6.19. The highest BCUT2D eigenvalue weighted by Crippen LogP contribution is 2.32. The monoisotopic (exact) mass is 474 g/mol. The van der Waals surface area contributed by atoms with Gasteiger partial charge in [0.2, 0.25) is 0 Å². The summed E-state index contributed by atoms with van der Waals surface area (Å²) in [6, 6.07) is 10.2. The fourth-order valence-electron chi connectivity index (χ4n) is 3.27. The number of halogens is 2. The van der Waals surface area contributed by atoms with Gasteiger partial charge in [0.05, 0.1) is 16.5 Å². The van der Waals surface area contributed by atoms with Crippen molar-refractivity contribution in [3.05, 3.63) is 72.1 Å². The SMILES string of the molecule is Cc1ccc2sc(N(CCCn3ccnc3)C(=O)COc3ccccc3F)nc2c1C.Cl. The summed E-state index contributed by atoms with van der Waals surface area (Å²) in [5, 5.41) is 0.622. The average Bonchev–Trinajstić information content (AvgIpc) is 3.43. The Morgan fingerprint density at radius 1 is 1.22 bits per heavy atom. The summed E-state index contributed by atoms with van der Waals surface area (Å²) in [6.07, 6.45) is 6.08. The van der Waals surface area contributed by atoms with Gasteiger partial charge in [0, 0.05) is 25.5 Å². The summed E-state index contributed by atoms with van der Waals surface area (Å²) >= 11 is 1.47. The van der Waals surface area contributed by atoms with Crippen LogP contribution in [-0.4, -0.2) is 33.6 Å². The van der Waals surface area contributed by atoms with Gasteiger partial charge in [-0.25, -0.2) is 14.4 Å². The first kappa shape index (κ1) is 23.7. The van der Waals surface area contributed by atoms with E-state index >= 15 is 0 Å². The summed E-state index contributed by atoms with van der Waals surface area (Å²) in [7, 11) is 0. The average molecular weight is 475 g/mol. The van der Waals surface area contributed by atoms with Crippen molar-refractivity contribution in [2.45, 2.75) is 26.8 Å². The number of aromatic nitrogens is 3. The van der Waals surface area contributed by atoms with Crippen molar-refractivity contribution in [1.82, 2.24) is 14.5 Å². The number of thiazole rings is 1. The highest BCUT2D eigenvalue weighted by Gasteiger charge is 2.21. The lowest BCUT2D eigenvalue weighted by Gasteiger charge is -2.20. The van der Waals surface area contributed by atoms with Crippen LogP contribution in [0.4, 0.5) is 9.52 Å². The van der Waals surface area contributed by atoms with Gasteiger partial charge in [-0.05, 0) is 49.6 Å². The second kappa shape index (κ2) is 10.6. The molecule has 0 N–H and O–H groups in total. The van der Waals surface area contributed by atoms with Crippen molar-refractivity contribution >= 4 is 45.0 Å². The van der Waals surface area contributed by atoms with Crippen LogP contribution in [0.5, 0.6) is 5.75 Å². The van der Waals surface area contributed by atoms with Crippen molar-refractivity contribution in [2.24, 2.45) is 0 Å². The molecule has 0 aliphatic rings. The van der Waals surface area contributed by atoms with E-state index in [1.807, 2.05) is 30.7 Å². The van der Waals surface area contributed by atoms with Crippen LogP contribution in [0.3, 0.4) is 0 Å². The van der Waals surface area contributed by atoms with Crippen molar-refractivity contribution in [3.63, 3.8) is 0 Å². The van der Waals surface area contributed by atoms with E-state index in [4.69, 9.17) is 9.72 Å². The lowest BCUT2D eigenvalue weighted by molar-refractivity contribution is -0.120. The molecule has 0 fully saturated rings. The fraction of sp³-hybridized carbons (Fsp3) is 0.261. The minimum Gasteiger partial charge on any atom is -0.481 e. The Morgan fingerprint density at radius 3 is 2.78 bits per heavy atom. The van der Waals surface area contributed by atoms with Gasteiger partial charge in [-0.3, -0.25) is 9.69 Å². The van der Waals surface area contributed by atoms with Gasteiger partial charge in [0.25, 0.3) is 5.91 Å². The largest absolute Gasteiger partial charge is 0.481 e. The van der Waals surface area contributed by atoms with Crippen LogP contribution in [0.1, 0.15) is 17.5 Å². The second-order valence-corrected chi connectivity index (χ2v) is 8.28. The zero-order valence-electron chi connectivity index (χ0n) is 17.8. The molecular weight excluding hydrogens is 451 g/mol. The summed E-state index contributed by atoms with van der Waals surface area (Å²) in [5.41, 5.74) is 3.17. The van der Waals surface area contributed by atoms with E-state index in [-0.39, 0.29) is 30.7 Å². The summed E-state index contributed by atoms with van der Waals surface area (Å²) in [6.45, 7) is 5.01. The van der Waals surface area contributed by atoms with E-state index in [1.54, 1.807) is 29.6 Å². The molecule has 0 unspecified atom stereocenters. The van der Waals surface area contributed by atoms with Gasteiger partial charge in [-0.2, -0.15) is 0 Å². The topological polar surface area (TPSA) is 60.2 Å². The van der Waals surface area contributed by atoms with Gasteiger partial charge in [0.15, 0.2) is 23.3 Å². The first-order chi connectivity index (χ1) is 15.0. The lowest BCUT2D eigenvalue weighted by atomic mass is 10.1. The molecule has 0 saturated carbocycles. The van der Waals surface area contributed by atoms with Crippen LogP contribution in [0.15, 0.2) is 55.1 Å². The first-order valence-corrected chi connectivity index (χ1v) is 10.8. The lowest BCUT2D eigenvalue weighted by Crippen LogP contribution is -2.36. The van der Waals surface area contributed by atoms with Crippen LogP contribution in [0, 0.1) is 19.7 Å². The molecule has 1 amide bonds. The Balaban J connectivity index is 0.00000289. The predicted octanol–water partition coefficient (Wildman–Crippen LogP) is 5.17. The quantitative estimate of drug-likeness (QED) is 0.353. The van der Waals surface area contributed by atoms with E-state index in [0.717, 1.165) is 34.3 Å². The molecule has 6 nitrogen and oxygen atoms in total. The van der Waals surface area contributed by atoms with Gasteiger partial charge in [-0.15, -0.1) is 12.4 Å². The Labute approximate surface area is 196 Å². The van der Waals surface area contributed by atoms with Crippen LogP contribution in [-0.2, 0) is 11.3 Å². The van der Waals surface area contributed by atoms with E-state index in [0.29, 0.717) is 11.7 Å². The molecule has 0 radical (unpaired) electrons. The fourth-order valence-corrected chi connectivity index (χ4v) is 4.33. The van der Waals surface area contributed by atoms with Crippen molar-refractivity contribution in [2.75, 3.05) is 18.1 Å². The van der Waals surface area contributed by atoms with Gasteiger partial charge in [-0.1, -0.05) is 29.5 Å². The third kappa shape index (κ3) is 5.26. The number of para-hydroxylation sites is 1. The van der Waals surface area contributed by atoms with E-state index in [9.17, 15) is 9.18 Å². The Hall–Kier alpha value is -2.97. The number of ether oxygens (including phenoxy) is 1. The van der Waals surface area contributed by atoms with Crippen molar-refractivity contribution in [1.29, 1.82) is 0 Å². The van der Waals surface area contributed by atoms with E-state index < -0.39 is 5.82 Å². The Morgan fingerprint density at radius 2 is 2.03 bits per heavy atom. The van der Waals surface area contributed by atoms with E-state index in [2.05, 4.69) is 11.1 Å². The molecular formula is C23H24ClFN4O2S. The smallest absolute Gasteiger partial charge is 0.266 e. The van der Waals surface area contributed by atoms with Gasteiger partial charge in [0.1, 0.15) is 0 Å². The molecule has 168 valence electrons. The number of carbonyl (C=O) groups excluding carboxylic acids is 1. The number of fused-ring (bicyclic) bond motifs is 1. The van der Waals surface area contributed by atoms with Gasteiger partial charge < -0.3 is 9.30 Å². The minimum absolute atomic E-state index is 0. The number of imidazole rings is 1. The number of carbonyl (C=O) groups is 1. The molecule has 4 rings (SSSR count). The standard InChI is InChI=1S/C23H23FN4O2S.ClH/c1-16-8-9-20-22(17(16)2)26-23(31-20)28(12-5-11-27-13-10-25-15-27)21(29)14-30-19-7-4-3-6-18(19)24;/h3-4,6-10,13,15H,5,11-12,14H2,1-2H3;1H. The number of nitrogens with zero attached hydrogens (tertiary/aromatic N) is 4. The second-order valence-electron chi connectivity index (χ2n) is 7.27. The molecule has 0 spiro atoms. The third-order valence-electron chi connectivity index (χ3n) is 5.15. The summed E-state index contributed by atoms with van der Waals surface area (Å²) in [4.78, 5) is 23.5. The number of benzene rings is 2. The van der Waals surface area contributed by atoms with Gasteiger partial charge >= 0.3 is 0 Å². The summed E-state index contributed by atoms with van der Waals surface area (Å²) in [5.74, 6) is -0.694. The Kier molecular flexibility index (Phi) is 7.82. The molecule has 2 aromatic carbocycles. The minimum atomic E-state index is -0.493. The van der Waals surface area contributed by atoms with Crippen LogP contribution < -0.4 is 9.64 Å². The molecule has 0 aliphatic heterocycles. The van der Waals surface area contributed by atoms with Crippen LogP contribution >= 0.6 is 23.7 Å². The first-order valence-electron chi connectivity index (χ1n) is 10.0. The highest BCUT2D eigenvalue weighted by atomic mass is 35.5. The number of anilines is 1. The number of rotatable bonds is 8. The predicted molar refractivity (Wildman–Crippen MR) is 127 cm³/mol. The number of hydrogen-bond acceptors (Lipinski definition) is 5. The maximum absolute atomic E-state index is 13.9. The molecule has 0 atom stereocenters. The van der Waals surface area contributed by atoms with Crippen molar-refractivity contribution < 1.29 is 13.9 Å². The zero-order valence-corrected chi connectivity index (χ0v) is 19.5. The highest BCUT2D eigenvalue weighted by molar-refractivity contribution is 7.22. The number of hydrogen-bond donors (Lipinski definition) is 0. The molecule has 2 heterocycles. The molecule has 0 bridgehead atoms. The number of amides is 1. The zero-order chi connectivity index (χ0) is 21.8. The Bertz CT molecular complexity index is 1200. The summed E-state index contributed by atoms with van der Waals surface area (Å²) < 4.78 is 22.3. The molecule has 4 aromatic rings. The molecule has 2 aromatic heterocycles. The molecule has 9 heteroatoms. The molecule has 0 aliphatic carbocycles. The van der Waals surface area contributed by atoms with Crippen LogP contribution in [0.25, 0.3) is 10.2 Å². The number of aryl methyl sites for hydroxylation is 3. The van der Waals surface area contributed by atoms with Crippen molar-refractivity contribution in [3.8, 4) is 5.75 Å². The van der Waals surface area contributed by atoms with Crippen LogP contribution in [0.2, 0.25) is 0 Å². The maximum atomic E-state index is 13.9. The molecule has 32 heavy (non-hydrogen) atoms. The normalized spacial score (nSPS) is 10.7. The maximum Gasteiger partial charge on any atom is 0.266 e. The van der Waals surface area contributed by atoms with E-state index in [1.165, 1.54) is 23.5 Å². The molecule has 0 saturated heterocycles.